The summed E-state index contributed by atoms with van der Waals surface area (Å²) in [5.41, 5.74) is 0.0419. The quantitative estimate of drug-likeness (QED) is 0.403. The molecule has 8 nitrogen and oxygen atoms in total. The van der Waals surface area contributed by atoms with Crippen LogP contribution in [0, 0.1) is 11.8 Å². The number of aliphatic hydroxyl groups excluding tert-OH is 1. The highest BCUT2D eigenvalue weighted by Gasteiger charge is 2.74. The van der Waals surface area contributed by atoms with Crippen molar-refractivity contribution < 1.29 is 24.2 Å². The van der Waals surface area contributed by atoms with Crippen LogP contribution in [0.1, 0.15) is 57.4 Å². The number of aliphatic hydroxyl groups is 1. The summed E-state index contributed by atoms with van der Waals surface area (Å²) >= 11 is 0. The zero-order chi connectivity index (χ0) is 24.1. The van der Waals surface area contributed by atoms with Crippen LogP contribution in [-0.4, -0.2) is 65.2 Å². The molecule has 5 atom stereocenters. The van der Waals surface area contributed by atoms with Crippen molar-refractivity contribution in [3.8, 4) is 0 Å². The van der Waals surface area contributed by atoms with Crippen molar-refractivity contribution in [1.82, 2.24) is 15.5 Å². The number of hydrogen-bond acceptors (Lipinski definition) is 5. The molecule has 1 spiro atoms. The number of nitrogens with one attached hydrogen (secondary N) is 2. The average Bonchev–Trinajstić information content (AvgIpc) is 3.49. The van der Waals surface area contributed by atoms with Crippen LogP contribution in [0.25, 0.3) is 0 Å². The maximum absolute atomic E-state index is 13.7. The number of amides is 3. The summed E-state index contributed by atoms with van der Waals surface area (Å²) in [5, 5.41) is 15.0. The van der Waals surface area contributed by atoms with Crippen molar-refractivity contribution in [1.29, 1.82) is 0 Å². The minimum atomic E-state index is -0.943. The molecule has 3 aliphatic heterocycles. The molecule has 2 unspecified atom stereocenters. The van der Waals surface area contributed by atoms with Gasteiger partial charge in [-0.15, -0.1) is 0 Å². The Hall–Kier alpha value is -2.45. The number of unbranched alkanes of at least 4 members (excludes halogenated alkanes) is 3. The molecule has 3 amide bonds. The predicted octanol–water partition coefficient (Wildman–Crippen LogP) is 1.76. The number of ether oxygens (including phenoxy) is 1. The van der Waals surface area contributed by atoms with E-state index in [2.05, 4.69) is 10.6 Å². The third-order valence-electron chi connectivity index (χ3n) is 7.52. The van der Waals surface area contributed by atoms with Crippen LogP contribution in [0.15, 0.2) is 30.3 Å². The summed E-state index contributed by atoms with van der Waals surface area (Å²) in [6, 6.07) is 8.94. The SMILES string of the molecule is CCCNC(=O)[C@@H]1[C@H]2C(=O)N(CCCCCCO)C(C(=O)NCc3ccccc3)C23CC[C@H]1O3. The number of rotatable bonds is 12. The summed E-state index contributed by atoms with van der Waals surface area (Å²) in [6.07, 6.45) is 5.00. The minimum absolute atomic E-state index is 0.138. The normalized spacial score (nSPS) is 29.4. The average molecular weight is 472 g/mol. The van der Waals surface area contributed by atoms with Crippen LogP contribution in [-0.2, 0) is 25.7 Å². The zero-order valence-corrected chi connectivity index (χ0v) is 20.0. The van der Waals surface area contributed by atoms with E-state index in [1.165, 1.54) is 0 Å². The molecule has 2 bridgehead atoms. The fourth-order valence-electron chi connectivity index (χ4n) is 5.99. The first-order valence-corrected chi connectivity index (χ1v) is 12.7. The second-order valence-corrected chi connectivity index (χ2v) is 9.72. The lowest BCUT2D eigenvalue weighted by atomic mass is 9.70. The lowest BCUT2D eigenvalue weighted by Gasteiger charge is -2.33. The summed E-state index contributed by atoms with van der Waals surface area (Å²) in [5.74, 6) is -1.66. The fourth-order valence-corrected chi connectivity index (χ4v) is 5.99. The Kier molecular flexibility index (Phi) is 7.88. The van der Waals surface area contributed by atoms with E-state index in [0.717, 1.165) is 37.7 Å². The lowest BCUT2D eigenvalue weighted by molar-refractivity contribution is -0.142. The van der Waals surface area contributed by atoms with Crippen molar-refractivity contribution in [2.45, 2.75) is 76.2 Å². The van der Waals surface area contributed by atoms with E-state index in [-0.39, 0.29) is 30.4 Å². The molecule has 0 aliphatic carbocycles. The van der Waals surface area contributed by atoms with E-state index < -0.39 is 23.5 Å². The summed E-state index contributed by atoms with van der Waals surface area (Å²) in [6.45, 7) is 3.53. The molecular weight excluding hydrogens is 434 g/mol. The van der Waals surface area contributed by atoms with E-state index in [4.69, 9.17) is 9.84 Å². The molecule has 0 aromatic heterocycles. The van der Waals surface area contributed by atoms with Crippen molar-refractivity contribution in [2.75, 3.05) is 19.7 Å². The van der Waals surface area contributed by atoms with Gasteiger partial charge in [-0.1, -0.05) is 50.1 Å². The molecule has 3 fully saturated rings. The first-order chi connectivity index (χ1) is 16.5. The van der Waals surface area contributed by atoms with Crippen molar-refractivity contribution in [2.24, 2.45) is 11.8 Å². The standard InChI is InChI=1S/C26H37N3O5/c1-2-14-27-23(31)20-19-12-13-26(34-19)21(20)25(33)29(15-8-3-4-9-16-30)22(26)24(32)28-17-18-10-6-5-7-11-18/h5-7,10-11,19-22,30H,2-4,8-9,12-17H2,1H3,(H,27,31)(H,28,32)/t19-,20+,21+,22?,26?/m1/s1. The number of carbonyl (C=O) groups is 3. The largest absolute Gasteiger partial charge is 0.396 e. The molecule has 3 aliphatic rings. The second-order valence-electron chi connectivity index (χ2n) is 9.72. The van der Waals surface area contributed by atoms with Gasteiger partial charge in [0.2, 0.25) is 17.7 Å². The Morgan fingerprint density at radius 1 is 1.12 bits per heavy atom. The Morgan fingerprint density at radius 3 is 2.62 bits per heavy atom. The molecule has 34 heavy (non-hydrogen) atoms. The van der Waals surface area contributed by atoms with Gasteiger partial charge in [0.15, 0.2) is 0 Å². The maximum atomic E-state index is 13.7. The molecule has 3 saturated heterocycles. The van der Waals surface area contributed by atoms with Crippen molar-refractivity contribution in [3.63, 3.8) is 0 Å². The summed E-state index contributed by atoms with van der Waals surface area (Å²) < 4.78 is 6.41. The Labute approximate surface area is 201 Å². The lowest BCUT2D eigenvalue weighted by Crippen LogP contribution is -2.55. The number of nitrogens with zero attached hydrogens (tertiary/aromatic N) is 1. The molecule has 1 aromatic rings. The van der Waals surface area contributed by atoms with Crippen molar-refractivity contribution in [3.05, 3.63) is 35.9 Å². The second kappa shape index (κ2) is 10.9. The van der Waals surface area contributed by atoms with Gasteiger partial charge in [0.05, 0.1) is 17.9 Å². The first-order valence-electron chi connectivity index (χ1n) is 12.7. The van der Waals surface area contributed by atoms with Gasteiger partial charge in [0, 0.05) is 26.2 Å². The highest BCUT2D eigenvalue weighted by Crippen LogP contribution is 2.58. The number of fused-ring (bicyclic) bond motifs is 1. The Morgan fingerprint density at radius 2 is 1.88 bits per heavy atom. The number of hydrogen-bond donors (Lipinski definition) is 3. The predicted molar refractivity (Wildman–Crippen MR) is 126 cm³/mol. The van der Waals surface area contributed by atoms with Crippen LogP contribution in [0.4, 0.5) is 0 Å². The smallest absolute Gasteiger partial charge is 0.246 e. The van der Waals surface area contributed by atoms with Gasteiger partial charge in [0.25, 0.3) is 0 Å². The van der Waals surface area contributed by atoms with E-state index in [9.17, 15) is 14.4 Å². The molecule has 0 saturated carbocycles. The Balaban J connectivity index is 1.55. The summed E-state index contributed by atoms with van der Waals surface area (Å²) in [7, 11) is 0. The highest BCUT2D eigenvalue weighted by atomic mass is 16.5. The van der Waals surface area contributed by atoms with Gasteiger partial charge < -0.3 is 25.4 Å². The van der Waals surface area contributed by atoms with Gasteiger partial charge in [0.1, 0.15) is 11.6 Å². The molecule has 8 heteroatoms. The monoisotopic (exact) mass is 471 g/mol. The van der Waals surface area contributed by atoms with E-state index in [1.54, 1.807) is 4.90 Å². The maximum Gasteiger partial charge on any atom is 0.246 e. The number of benzene rings is 1. The fraction of sp³-hybridized carbons (Fsp3) is 0.654. The molecule has 0 radical (unpaired) electrons. The van der Waals surface area contributed by atoms with Crippen LogP contribution >= 0.6 is 0 Å². The van der Waals surface area contributed by atoms with E-state index in [0.29, 0.717) is 32.5 Å². The summed E-state index contributed by atoms with van der Waals surface area (Å²) in [4.78, 5) is 42.0. The van der Waals surface area contributed by atoms with Crippen LogP contribution < -0.4 is 10.6 Å². The van der Waals surface area contributed by atoms with Gasteiger partial charge >= 0.3 is 0 Å². The molecule has 186 valence electrons. The molecule has 4 rings (SSSR count). The minimum Gasteiger partial charge on any atom is -0.396 e. The van der Waals surface area contributed by atoms with Gasteiger partial charge in [-0.25, -0.2) is 0 Å². The zero-order valence-electron chi connectivity index (χ0n) is 20.0. The third-order valence-corrected chi connectivity index (χ3v) is 7.52. The van der Waals surface area contributed by atoms with E-state index >= 15 is 0 Å². The van der Waals surface area contributed by atoms with Crippen LogP contribution in [0.5, 0.6) is 0 Å². The Bertz CT molecular complexity index is 878. The van der Waals surface area contributed by atoms with E-state index in [1.807, 2.05) is 37.3 Å². The number of carbonyl (C=O) groups excluding carboxylic acids is 3. The molecular formula is C26H37N3O5. The van der Waals surface area contributed by atoms with Gasteiger partial charge in [-0.3, -0.25) is 14.4 Å². The van der Waals surface area contributed by atoms with Crippen molar-refractivity contribution >= 4 is 17.7 Å². The molecule has 3 heterocycles. The molecule has 1 aromatic carbocycles. The van der Waals surface area contributed by atoms with Gasteiger partial charge in [-0.05, 0) is 37.7 Å². The highest BCUT2D eigenvalue weighted by molar-refractivity contribution is 5.98. The number of likely N-dealkylation sites (tertiary alicyclic amines) is 1. The topological polar surface area (TPSA) is 108 Å². The molecule has 3 N–H and O–H groups in total. The van der Waals surface area contributed by atoms with Crippen LogP contribution in [0.2, 0.25) is 0 Å². The van der Waals surface area contributed by atoms with Gasteiger partial charge in [-0.2, -0.15) is 0 Å². The first kappa shape index (κ1) is 24.7. The van der Waals surface area contributed by atoms with Crippen LogP contribution in [0.3, 0.4) is 0 Å². The third kappa shape index (κ3) is 4.58.